The van der Waals surface area contributed by atoms with Crippen molar-refractivity contribution in [3.05, 3.63) is 116 Å². The van der Waals surface area contributed by atoms with Crippen LogP contribution in [-0.4, -0.2) is 31.5 Å². The maximum Gasteiger partial charge on any atom is 0.232 e. The van der Waals surface area contributed by atoms with Crippen LogP contribution in [-0.2, 0) is 0 Å². The molecule has 0 spiro atoms. The van der Waals surface area contributed by atoms with Crippen LogP contribution < -0.4 is 4.90 Å². The van der Waals surface area contributed by atoms with E-state index in [-0.39, 0.29) is 22.0 Å². The largest absolute Gasteiger partial charge is 0.455 e. The molecule has 0 radical (unpaired) electrons. The zero-order valence-electron chi connectivity index (χ0n) is 29.7. The van der Waals surface area contributed by atoms with E-state index < -0.39 is 0 Å². The van der Waals surface area contributed by atoms with Crippen molar-refractivity contribution in [1.82, 2.24) is 14.9 Å². The first-order valence-electron chi connectivity index (χ1n) is 16.9. The van der Waals surface area contributed by atoms with Crippen LogP contribution in [0.15, 0.2) is 120 Å². The smallest absolute Gasteiger partial charge is 0.232 e. The molecule has 1 aliphatic heterocycles. The summed E-state index contributed by atoms with van der Waals surface area (Å²) in [5, 5.41) is 2.26. The number of hydrogen-bond acceptors (Lipinski definition) is 5. The zero-order valence-corrected chi connectivity index (χ0v) is 29.7. The third kappa shape index (κ3) is 4.74. The highest BCUT2D eigenvalue weighted by molar-refractivity contribution is 6.09. The highest BCUT2D eigenvalue weighted by atomic mass is 16.3. The lowest BCUT2D eigenvalue weighted by molar-refractivity contribution is -0.0145. The second-order valence-corrected chi connectivity index (χ2v) is 15.7. The van der Waals surface area contributed by atoms with Crippen molar-refractivity contribution in [2.45, 2.75) is 78.9 Å². The number of anilines is 1. The molecule has 0 saturated carbocycles. The lowest BCUT2D eigenvalue weighted by Crippen LogP contribution is -2.62. The molecule has 2 aromatic heterocycles. The summed E-state index contributed by atoms with van der Waals surface area (Å²) in [6, 6.07) is 35.7. The Balaban J connectivity index is 1.35. The van der Waals surface area contributed by atoms with E-state index in [1.54, 1.807) is 0 Å². The molecule has 244 valence electrons. The summed E-state index contributed by atoms with van der Waals surface area (Å²) in [7, 11) is 0. The van der Waals surface area contributed by atoms with E-state index in [1.807, 2.05) is 18.2 Å². The predicted molar refractivity (Wildman–Crippen MR) is 201 cm³/mol. The van der Waals surface area contributed by atoms with E-state index in [4.69, 9.17) is 21.0 Å². The van der Waals surface area contributed by atoms with Crippen LogP contribution in [0.3, 0.4) is 0 Å². The molecular formula is C43H46N4O. The Morgan fingerprint density at radius 3 is 1.83 bits per heavy atom. The maximum atomic E-state index is 6.35. The minimum atomic E-state index is -0.367. The molecule has 0 bridgehead atoms. The SMILES string of the molecule is C=C1N(c2nc(-c3ccccc3)cc(-c3ccc(-c4cccc5c4oc4ccccc45)cc3)n2)C(C)(C)C(C)(C)N1C(C)(C)C(C)(C)C. The fourth-order valence-electron chi connectivity index (χ4n) is 7.25. The van der Waals surface area contributed by atoms with E-state index >= 15 is 0 Å². The van der Waals surface area contributed by atoms with Crippen molar-refractivity contribution in [2.75, 3.05) is 4.90 Å². The van der Waals surface area contributed by atoms with E-state index in [1.165, 1.54) is 0 Å². The van der Waals surface area contributed by atoms with Gasteiger partial charge in [-0.15, -0.1) is 0 Å². The first kappa shape index (κ1) is 31.7. The van der Waals surface area contributed by atoms with Crippen molar-refractivity contribution >= 4 is 27.9 Å². The van der Waals surface area contributed by atoms with Gasteiger partial charge in [-0.05, 0) is 64.7 Å². The van der Waals surface area contributed by atoms with Gasteiger partial charge in [0, 0.05) is 33.0 Å². The molecule has 0 amide bonds. The third-order valence-corrected chi connectivity index (χ3v) is 11.4. The molecule has 0 N–H and O–H groups in total. The number of benzene rings is 4. The van der Waals surface area contributed by atoms with Gasteiger partial charge in [0.25, 0.3) is 0 Å². The van der Waals surface area contributed by atoms with Crippen LogP contribution in [0.25, 0.3) is 55.6 Å². The first-order chi connectivity index (χ1) is 22.6. The molecule has 48 heavy (non-hydrogen) atoms. The van der Waals surface area contributed by atoms with Crippen molar-refractivity contribution in [3.8, 4) is 33.6 Å². The molecule has 1 aliphatic rings. The van der Waals surface area contributed by atoms with Gasteiger partial charge in [0.2, 0.25) is 5.95 Å². The van der Waals surface area contributed by atoms with E-state index in [0.29, 0.717) is 5.95 Å². The molecule has 5 heteroatoms. The Morgan fingerprint density at radius 2 is 1.19 bits per heavy atom. The fraction of sp³-hybridized carbons (Fsp3) is 0.302. The predicted octanol–water partition coefficient (Wildman–Crippen LogP) is 11.4. The highest BCUT2D eigenvalue weighted by Gasteiger charge is 2.60. The number of aromatic nitrogens is 2. The average molecular weight is 635 g/mol. The van der Waals surface area contributed by atoms with Gasteiger partial charge >= 0.3 is 0 Å². The van der Waals surface area contributed by atoms with E-state index in [0.717, 1.165) is 61.4 Å². The zero-order chi connectivity index (χ0) is 34.2. The summed E-state index contributed by atoms with van der Waals surface area (Å²) >= 11 is 0. The number of rotatable bonds is 5. The number of fused-ring (bicyclic) bond motifs is 3. The van der Waals surface area contributed by atoms with Crippen molar-refractivity contribution in [1.29, 1.82) is 0 Å². The van der Waals surface area contributed by atoms with Gasteiger partial charge in [-0.25, -0.2) is 9.97 Å². The van der Waals surface area contributed by atoms with Gasteiger partial charge < -0.3 is 9.32 Å². The second kappa shape index (κ2) is 10.8. The first-order valence-corrected chi connectivity index (χ1v) is 16.9. The Hall–Kier alpha value is -4.90. The molecule has 4 aromatic carbocycles. The van der Waals surface area contributed by atoms with E-state index in [9.17, 15) is 0 Å². The minimum Gasteiger partial charge on any atom is -0.455 e. The molecule has 0 atom stereocenters. The monoisotopic (exact) mass is 634 g/mol. The van der Waals surface area contributed by atoms with Gasteiger partial charge in [0.15, 0.2) is 0 Å². The summed E-state index contributed by atoms with van der Waals surface area (Å²) in [4.78, 5) is 15.3. The van der Waals surface area contributed by atoms with Crippen molar-refractivity contribution in [3.63, 3.8) is 0 Å². The van der Waals surface area contributed by atoms with Gasteiger partial charge in [0.1, 0.15) is 17.0 Å². The standard InChI is InChI=1S/C43H46N4O/c1-28-46(42(7,8)43(9,10)47(28)41(5,6)40(2,3)4)39-44-35(30-17-12-11-13-18-30)27-36(45-39)31-25-23-29(24-26-31)32-20-16-21-34-33-19-14-15-22-37(33)48-38(32)34/h11-27H,1H2,2-10H3. The molecule has 1 fully saturated rings. The maximum absolute atomic E-state index is 6.35. The summed E-state index contributed by atoms with van der Waals surface area (Å²) in [6.45, 7) is 25.4. The molecule has 3 heterocycles. The number of hydrogen-bond donors (Lipinski definition) is 0. The number of nitrogens with zero attached hydrogens (tertiary/aromatic N) is 4. The van der Waals surface area contributed by atoms with Gasteiger partial charge in [-0.3, -0.25) is 4.90 Å². The summed E-state index contributed by atoms with van der Waals surface area (Å²) in [5.74, 6) is 1.56. The molecule has 5 nitrogen and oxygen atoms in total. The summed E-state index contributed by atoms with van der Waals surface area (Å²) < 4.78 is 6.35. The topological polar surface area (TPSA) is 45.4 Å². The summed E-state index contributed by atoms with van der Waals surface area (Å²) in [5.41, 5.74) is 6.93. The van der Waals surface area contributed by atoms with Crippen molar-refractivity contribution < 1.29 is 4.42 Å². The Morgan fingerprint density at radius 1 is 0.625 bits per heavy atom. The van der Waals surface area contributed by atoms with Crippen LogP contribution in [0.1, 0.15) is 62.3 Å². The highest BCUT2D eigenvalue weighted by Crippen LogP contribution is 2.53. The quantitative estimate of drug-likeness (QED) is 0.189. The molecule has 7 rings (SSSR count). The Labute approximate surface area is 284 Å². The van der Waals surface area contributed by atoms with Gasteiger partial charge in [0.05, 0.1) is 22.5 Å². The van der Waals surface area contributed by atoms with Crippen LogP contribution in [0.5, 0.6) is 0 Å². The Bertz CT molecular complexity index is 2170. The van der Waals surface area contributed by atoms with Crippen LogP contribution in [0.4, 0.5) is 5.95 Å². The number of para-hydroxylation sites is 2. The summed E-state index contributed by atoms with van der Waals surface area (Å²) in [6.07, 6.45) is 0. The van der Waals surface area contributed by atoms with Gasteiger partial charge in [-0.1, -0.05) is 118 Å². The number of furan rings is 1. The van der Waals surface area contributed by atoms with Gasteiger partial charge in [-0.2, -0.15) is 0 Å². The van der Waals surface area contributed by atoms with Crippen LogP contribution >= 0.6 is 0 Å². The van der Waals surface area contributed by atoms with E-state index in [2.05, 4.69) is 157 Å². The molecular weight excluding hydrogens is 589 g/mol. The fourth-order valence-corrected chi connectivity index (χ4v) is 7.25. The Kier molecular flexibility index (Phi) is 7.14. The normalized spacial score (nSPS) is 16.3. The van der Waals surface area contributed by atoms with Crippen molar-refractivity contribution in [2.24, 2.45) is 5.41 Å². The van der Waals surface area contributed by atoms with Crippen LogP contribution in [0, 0.1) is 5.41 Å². The minimum absolute atomic E-state index is 0.00828. The average Bonchev–Trinajstić information content (AvgIpc) is 3.49. The third-order valence-electron chi connectivity index (χ3n) is 11.4. The van der Waals surface area contributed by atoms with Crippen LogP contribution in [0.2, 0.25) is 0 Å². The second-order valence-electron chi connectivity index (χ2n) is 15.7. The molecule has 6 aromatic rings. The lowest BCUT2D eigenvalue weighted by atomic mass is 9.71. The lowest BCUT2D eigenvalue weighted by Gasteiger charge is -2.54. The molecule has 0 aliphatic carbocycles. The molecule has 1 saturated heterocycles. The molecule has 0 unspecified atom stereocenters.